The van der Waals surface area contributed by atoms with Crippen LogP contribution >= 0.6 is 11.8 Å². The first-order valence-corrected chi connectivity index (χ1v) is 8.72. The predicted octanol–water partition coefficient (Wildman–Crippen LogP) is 3.09. The number of aromatic nitrogens is 3. The highest BCUT2D eigenvalue weighted by atomic mass is 32.2. The van der Waals surface area contributed by atoms with Gasteiger partial charge in [0.05, 0.1) is 4.92 Å². The minimum Gasteiger partial charge on any atom is -0.477 e. The summed E-state index contributed by atoms with van der Waals surface area (Å²) >= 11 is 0.882. The number of carboxylic acids is 1. The first-order chi connectivity index (χ1) is 12.3. The third-order valence-electron chi connectivity index (χ3n) is 3.60. The Morgan fingerprint density at radius 1 is 1.42 bits per heavy atom. The van der Waals surface area contributed by atoms with Crippen LogP contribution in [0.4, 0.5) is 11.4 Å². The van der Waals surface area contributed by atoms with Gasteiger partial charge in [-0.15, -0.1) is 5.10 Å². The fourth-order valence-electron chi connectivity index (χ4n) is 2.37. The van der Waals surface area contributed by atoms with Crippen LogP contribution in [0.5, 0.6) is 0 Å². The summed E-state index contributed by atoms with van der Waals surface area (Å²) in [6.45, 7) is 7.00. The summed E-state index contributed by atoms with van der Waals surface area (Å²) in [6.07, 6.45) is 1.42. The van der Waals surface area contributed by atoms with Gasteiger partial charge in [0.15, 0.2) is 0 Å². The van der Waals surface area contributed by atoms with Crippen molar-refractivity contribution in [2.45, 2.75) is 25.9 Å². The number of non-ortho nitro benzene ring substituents is 1. The number of thioether (sulfide) groups is 1. The van der Waals surface area contributed by atoms with E-state index in [2.05, 4.69) is 15.2 Å². The number of benzene rings is 1. The minimum atomic E-state index is -1.16. The molecule has 0 spiro atoms. The van der Waals surface area contributed by atoms with Gasteiger partial charge in [-0.25, -0.2) is 9.78 Å². The highest BCUT2D eigenvalue weighted by Gasteiger charge is 2.17. The van der Waals surface area contributed by atoms with Crippen molar-refractivity contribution >= 4 is 35.2 Å². The lowest BCUT2D eigenvalue weighted by Gasteiger charge is -2.23. The van der Waals surface area contributed by atoms with E-state index in [1.54, 1.807) is 13.0 Å². The number of aliphatic carboxylic acids is 1. The number of carboxylic acid groups (broad SMARTS) is 1. The number of nitrogens with zero attached hydrogens (tertiary/aromatic N) is 4. The van der Waals surface area contributed by atoms with Crippen LogP contribution in [0.25, 0.3) is 6.08 Å². The fraction of sp³-hybridized carbons (Fsp3) is 0.312. The molecule has 0 saturated carbocycles. The largest absolute Gasteiger partial charge is 0.477 e. The molecule has 0 amide bonds. The lowest BCUT2D eigenvalue weighted by atomic mass is 10.1. The van der Waals surface area contributed by atoms with E-state index in [0.29, 0.717) is 24.5 Å². The van der Waals surface area contributed by atoms with Gasteiger partial charge in [-0.05, 0) is 44.7 Å². The molecule has 0 aliphatic heterocycles. The number of nitro groups is 1. The zero-order valence-corrected chi connectivity index (χ0v) is 15.4. The second-order valence-electron chi connectivity index (χ2n) is 5.29. The average Bonchev–Trinajstić information content (AvgIpc) is 3.01. The van der Waals surface area contributed by atoms with Crippen LogP contribution in [-0.4, -0.2) is 44.3 Å². The summed E-state index contributed by atoms with van der Waals surface area (Å²) in [5.74, 6) is -0.592. The van der Waals surface area contributed by atoms with Gasteiger partial charge in [0.2, 0.25) is 5.16 Å². The van der Waals surface area contributed by atoms with E-state index in [9.17, 15) is 20.0 Å². The van der Waals surface area contributed by atoms with Crippen molar-refractivity contribution in [3.8, 4) is 0 Å². The minimum absolute atomic E-state index is 0.0297. The van der Waals surface area contributed by atoms with Crippen LogP contribution in [0.1, 0.15) is 25.2 Å². The normalized spacial score (nSPS) is 11.4. The summed E-state index contributed by atoms with van der Waals surface area (Å²) in [4.78, 5) is 28.3. The first-order valence-electron chi connectivity index (χ1n) is 7.90. The number of H-pyrrole nitrogens is 1. The topological polar surface area (TPSA) is 125 Å². The molecule has 2 rings (SSSR count). The Morgan fingerprint density at radius 2 is 2.12 bits per heavy atom. The average molecular weight is 377 g/mol. The third kappa shape index (κ3) is 4.60. The van der Waals surface area contributed by atoms with E-state index in [1.165, 1.54) is 18.2 Å². The van der Waals surface area contributed by atoms with Crippen molar-refractivity contribution in [3.05, 3.63) is 44.6 Å². The quantitative estimate of drug-likeness (QED) is 0.311. The summed E-state index contributed by atoms with van der Waals surface area (Å²) in [5, 5.41) is 27.5. The number of rotatable bonds is 8. The monoisotopic (exact) mass is 377 g/mol. The molecule has 26 heavy (non-hydrogen) atoms. The predicted molar refractivity (Wildman–Crippen MR) is 99.2 cm³/mol. The van der Waals surface area contributed by atoms with E-state index < -0.39 is 10.9 Å². The fourth-order valence-corrected chi connectivity index (χ4v) is 3.11. The molecule has 10 heteroatoms. The van der Waals surface area contributed by atoms with Gasteiger partial charge in [0.25, 0.3) is 5.69 Å². The molecule has 1 aromatic heterocycles. The van der Waals surface area contributed by atoms with Crippen molar-refractivity contribution in [3.63, 3.8) is 0 Å². The molecule has 0 fully saturated rings. The van der Waals surface area contributed by atoms with Crippen LogP contribution in [0.2, 0.25) is 0 Å². The van der Waals surface area contributed by atoms with Gasteiger partial charge in [-0.3, -0.25) is 15.2 Å². The Morgan fingerprint density at radius 3 is 2.62 bits per heavy atom. The van der Waals surface area contributed by atoms with Crippen LogP contribution in [0.3, 0.4) is 0 Å². The van der Waals surface area contributed by atoms with Crippen LogP contribution < -0.4 is 4.90 Å². The number of aryl methyl sites for hydroxylation is 1. The molecule has 0 atom stereocenters. The lowest BCUT2D eigenvalue weighted by molar-refractivity contribution is -0.384. The molecular formula is C16H19N5O4S. The van der Waals surface area contributed by atoms with Crippen LogP contribution in [0.15, 0.2) is 28.3 Å². The van der Waals surface area contributed by atoms with Crippen molar-refractivity contribution in [1.82, 2.24) is 15.2 Å². The van der Waals surface area contributed by atoms with Crippen LogP contribution in [0, 0.1) is 17.0 Å². The molecule has 0 unspecified atom stereocenters. The number of aromatic amines is 1. The Hall–Kier alpha value is -2.88. The molecule has 0 bridgehead atoms. The molecular weight excluding hydrogens is 358 g/mol. The maximum absolute atomic E-state index is 11.7. The van der Waals surface area contributed by atoms with Crippen LogP contribution in [-0.2, 0) is 4.79 Å². The molecule has 138 valence electrons. The number of anilines is 1. The Bertz CT molecular complexity index is 845. The molecule has 0 aliphatic rings. The zero-order valence-electron chi connectivity index (χ0n) is 14.6. The van der Waals surface area contributed by atoms with E-state index in [4.69, 9.17) is 0 Å². The van der Waals surface area contributed by atoms with Crippen molar-refractivity contribution in [2.75, 3.05) is 18.0 Å². The van der Waals surface area contributed by atoms with Gasteiger partial charge in [-0.2, -0.15) is 0 Å². The standard InChI is InChI=1S/C16H19N5O4S/c1-4-20(5-2)13-7-6-12(21(24)25)8-11(13)9-14(15(22)23)26-16-17-10(3)18-19-16/h6-9H,4-5H2,1-3H3,(H,22,23)(H,17,18,19)/b14-9+. The molecule has 2 aromatic rings. The van der Waals surface area contributed by atoms with Crippen molar-refractivity contribution in [2.24, 2.45) is 0 Å². The summed E-state index contributed by atoms with van der Waals surface area (Å²) in [5.41, 5.74) is 1.09. The molecule has 1 heterocycles. The lowest BCUT2D eigenvalue weighted by Crippen LogP contribution is -2.22. The van der Waals surface area contributed by atoms with E-state index in [0.717, 1.165) is 17.4 Å². The number of carbonyl (C=O) groups is 1. The number of hydrogen-bond donors (Lipinski definition) is 2. The summed E-state index contributed by atoms with van der Waals surface area (Å²) in [6, 6.07) is 4.43. The molecule has 0 aliphatic carbocycles. The number of nitrogens with one attached hydrogen (secondary N) is 1. The molecule has 1 aromatic carbocycles. The van der Waals surface area contributed by atoms with Crippen molar-refractivity contribution in [1.29, 1.82) is 0 Å². The van der Waals surface area contributed by atoms with Gasteiger partial charge in [-0.1, -0.05) is 0 Å². The Balaban J connectivity index is 2.53. The van der Waals surface area contributed by atoms with Gasteiger partial charge >= 0.3 is 5.97 Å². The highest BCUT2D eigenvalue weighted by molar-refractivity contribution is 8.04. The second kappa shape index (κ2) is 8.48. The van der Waals surface area contributed by atoms with Crippen molar-refractivity contribution < 1.29 is 14.8 Å². The highest BCUT2D eigenvalue weighted by Crippen LogP contribution is 2.31. The smallest absolute Gasteiger partial charge is 0.342 e. The van der Waals surface area contributed by atoms with Gasteiger partial charge in [0.1, 0.15) is 10.7 Å². The Kier molecular flexibility index (Phi) is 6.34. The SMILES string of the molecule is CCN(CC)c1ccc([N+](=O)[O-])cc1/C=C(/Sc1n[nH]c(C)n1)C(=O)O. The van der Waals surface area contributed by atoms with E-state index in [-0.39, 0.29) is 15.7 Å². The second-order valence-corrected chi connectivity index (χ2v) is 6.30. The first kappa shape index (κ1) is 19.4. The Labute approximate surface area is 154 Å². The number of hydrogen-bond acceptors (Lipinski definition) is 7. The molecule has 0 saturated heterocycles. The maximum Gasteiger partial charge on any atom is 0.342 e. The zero-order chi connectivity index (χ0) is 19.3. The maximum atomic E-state index is 11.7. The van der Waals surface area contributed by atoms with Gasteiger partial charge < -0.3 is 10.0 Å². The summed E-state index contributed by atoms with van der Waals surface area (Å²) in [7, 11) is 0. The third-order valence-corrected chi connectivity index (χ3v) is 4.48. The van der Waals surface area contributed by atoms with E-state index >= 15 is 0 Å². The summed E-state index contributed by atoms with van der Waals surface area (Å²) < 4.78 is 0. The van der Waals surface area contributed by atoms with Gasteiger partial charge in [0, 0.05) is 36.5 Å². The molecule has 9 nitrogen and oxygen atoms in total. The molecule has 2 N–H and O–H groups in total. The molecule has 0 radical (unpaired) electrons. The van der Waals surface area contributed by atoms with E-state index in [1.807, 2.05) is 18.7 Å². The number of nitro benzene ring substituents is 1.